The lowest BCUT2D eigenvalue weighted by molar-refractivity contribution is 0.444. The minimum absolute atomic E-state index is 0.189. The van der Waals surface area contributed by atoms with E-state index in [9.17, 15) is 0 Å². The first-order valence-corrected chi connectivity index (χ1v) is 15.3. The Morgan fingerprint density at radius 2 is 1.15 bits per heavy atom. The third-order valence-electron chi connectivity index (χ3n) is 9.54. The van der Waals surface area contributed by atoms with Crippen LogP contribution in [0.5, 0.6) is 0 Å². The Labute approximate surface area is 244 Å². The van der Waals surface area contributed by atoms with E-state index in [0.717, 1.165) is 0 Å². The third kappa shape index (κ3) is 3.94. The Balaban J connectivity index is 1.47. The molecule has 3 heteroatoms. The maximum absolute atomic E-state index is 2.56. The first-order valence-electron chi connectivity index (χ1n) is 15.3. The maximum Gasteiger partial charge on any atom is 0.252 e. The van der Waals surface area contributed by atoms with Crippen LogP contribution in [-0.4, -0.2) is 6.71 Å². The van der Waals surface area contributed by atoms with Gasteiger partial charge in [-0.2, -0.15) is 0 Å². The van der Waals surface area contributed by atoms with Crippen molar-refractivity contribution >= 4 is 57.2 Å². The first kappa shape index (κ1) is 24.6. The van der Waals surface area contributed by atoms with Crippen molar-refractivity contribution in [2.24, 2.45) is 0 Å². The Morgan fingerprint density at radius 3 is 1.90 bits per heavy atom. The molecule has 41 heavy (non-hydrogen) atoms. The van der Waals surface area contributed by atoms with Crippen LogP contribution in [0.2, 0.25) is 0 Å². The lowest BCUT2D eigenvalue weighted by Gasteiger charge is -2.45. The van der Waals surface area contributed by atoms with Crippen LogP contribution in [-0.2, 0) is 0 Å². The van der Waals surface area contributed by atoms with Gasteiger partial charge in [0.25, 0.3) is 6.71 Å². The fourth-order valence-corrected chi connectivity index (χ4v) is 7.57. The molecule has 1 saturated carbocycles. The van der Waals surface area contributed by atoms with E-state index in [-0.39, 0.29) is 6.71 Å². The number of anilines is 6. The molecular formula is C38H35BN2. The molecule has 5 aromatic carbocycles. The second-order valence-electron chi connectivity index (χ2n) is 12.2. The van der Waals surface area contributed by atoms with Crippen molar-refractivity contribution in [3.63, 3.8) is 0 Å². The summed E-state index contributed by atoms with van der Waals surface area (Å²) in [6, 6.07) is 41.3. The summed E-state index contributed by atoms with van der Waals surface area (Å²) >= 11 is 0. The highest BCUT2D eigenvalue weighted by atomic mass is 15.2. The number of aryl methyl sites for hydroxylation is 2. The molecule has 3 aliphatic rings. The summed E-state index contributed by atoms with van der Waals surface area (Å²) in [7, 11) is 0. The molecular weight excluding hydrogens is 495 g/mol. The summed E-state index contributed by atoms with van der Waals surface area (Å²) in [5.41, 5.74) is 16.0. The Morgan fingerprint density at radius 1 is 0.537 bits per heavy atom. The minimum Gasteiger partial charge on any atom is -0.311 e. The van der Waals surface area contributed by atoms with Crippen molar-refractivity contribution in [1.29, 1.82) is 0 Å². The Hall–Kier alpha value is -4.24. The van der Waals surface area contributed by atoms with Crippen molar-refractivity contribution in [1.82, 2.24) is 0 Å². The Bertz CT molecular complexity index is 1750. The van der Waals surface area contributed by atoms with Gasteiger partial charge in [-0.1, -0.05) is 85.5 Å². The highest BCUT2D eigenvalue weighted by Gasteiger charge is 2.43. The molecule has 5 aromatic rings. The number of benzene rings is 5. The molecule has 0 radical (unpaired) electrons. The summed E-state index contributed by atoms with van der Waals surface area (Å²) in [5, 5.41) is 0. The van der Waals surface area contributed by atoms with Crippen LogP contribution in [0, 0.1) is 13.8 Å². The molecule has 0 unspecified atom stereocenters. The van der Waals surface area contributed by atoms with E-state index in [1.165, 1.54) is 99.3 Å². The quantitative estimate of drug-likeness (QED) is 0.212. The fourth-order valence-electron chi connectivity index (χ4n) is 7.57. The summed E-state index contributed by atoms with van der Waals surface area (Å²) in [5.74, 6) is 0.609. The third-order valence-corrected chi connectivity index (χ3v) is 9.54. The van der Waals surface area contributed by atoms with Crippen molar-refractivity contribution in [2.75, 3.05) is 9.80 Å². The molecule has 0 spiro atoms. The highest BCUT2D eigenvalue weighted by molar-refractivity contribution is 7.00. The van der Waals surface area contributed by atoms with E-state index in [2.05, 4.69) is 133 Å². The van der Waals surface area contributed by atoms with E-state index in [4.69, 9.17) is 0 Å². The molecule has 0 bridgehead atoms. The average Bonchev–Trinajstić information content (AvgIpc) is 3.02. The summed E-state index contributed by atoms with van der Waals surface area (Å²) < 4.78 is 0. The van der Waals surface area contributed by atoms with Crippen LogP contribution >= 0.6 is 0 Å². The van der Waals surface area contributed by atoms with Crippen molar-refractivity contribution in [3.05, 3.63) is 126 Å². The predicted molar refractivity (Wildman–Crippen MR) is 176 cm³/mol. The standard InChI is InChI=1S/C38H35BN2/c1-26-17-20-31(21-18-26)41-35-23-27(2)19-22-33(35)39-32-15-9-10-16-34(32)40(30-13-7-4-8-14-30)36-24-29(25-37(41)38(36)39)28-11-5-3-6-12-28/h4,7-10,13-25,28H,3,5-6,11-12H2,1-2H3. The van der Waals surface area contributed by atoms with Crippen LogP contribution in [0.1, 0.15) is 54.7 Å². The predicted octanol–water partition coefficient (Wildman–Crippen LogP) is 8.43. The number of nitrogens with zero attached hydrogens (tertiary/aromatic N) is 2. The van der Waals surface area contributed by atoms with Gasteiger partial charge in [-0.25, -0.2) is 0 Å². The largest absolute Gasteiger partial charge is 0.311 e. The minimum atomic E-state index is 0.189. The highest BCUT2D eigenvalue weighted by Crippen LogP contribution is 2.46. The fraction of sp³-hybridized carbons (Fsp3) is 0.211. The molecule has 8 rings (SSSR count). The molecule has 0 aromatic heterocycles. The number of rotatable bonds is 3. The van der Waals surface area contributed by atoms with Gasteiger partial charge in [0.05, 0.1) is 0 Å². The number of hydrogen-bond donors (Lipinski definition) is 0. The van der Waals surface area contributed by atoms with Gasteiger partial charge in [0, 0.05) is 34.1 Å². The van der Waals surface area contributed by atoms with Gasteiger partial charge in [-0.05, 0) is 109 Å². The van der Waals surface area contributed by atoms with Gasteiger partial charge in [0.1, 0.15) is 0 Å². The van der Waals surface area contributed by atoms with Gasteiger partial charge in [0.15, 0.2) is 0 Å². The zero-order valence-electron chi connectivity index (χ0n) is 24.0. The molecule has 2 aliphatic heterocycles. The lowest BCUT2D eigenvalue weighted by atomic mass is 9.33. The zero-order chi connectivity index (χ0) is 27.5. The van der Waals surface area contributed by atoms with Gasteiger partial charge in [0.2, 0.25) is 0 Å². The van der Waals surface area contributed by atoms with Crippen LogP contribution in [0.3, 0.4) is 0 Å². The van der Waals surface area contributed by atoms with Crippen LogP contribution in [0.15, 0.2) is 109 Å². The maximum atomic E-state index is 2.56. The molecule has 2 heterocycles. The van der Waals surface area contributed by atoms with E-state index >= 15 is 0 Å². The summed E-state index contributed by atoms with van der Waals surface area (Å²) in [4.78, 5) is 5.09. The lowest BCUT2D eigenvalue weighted by Crippen LogP contribution is -2.61. The normalized spacial score (nSPS) is 15.8. The van der Waals surface area contributed by atoms with Crippen molar-refractivity contribution in [2.45, 2.75) is 51.9 Å². The molecule has 200 valence electrons. The van der Waals surface area contributed by atoms with Gasteiger partial charge >= 0.3 is 0 Å². The SMILES string of the molecule is Cc1ccc(N2c3cc(C)ccc3B3c4ccccc4N(c4ccccc4)c4cc(C5CCCCC5)cc2c43)cc1. The molecule has 0 saturated heterocycles. The van der Waals surface area contributed by atoms with Gasteiger partial charge in [-0.3, -0.25) is 0 Å². The average molecular weight is 531 g/mol. The molecule has 2 nitrogen and oxygen atoms in total. The molecule has 0 amide bonds. The van der Waals surface area contributed by atoms with Crippen LogP contribution in [0.25, 0.3) is 0 Å². The van der Waals surface area contributed by atoms with Gasteiger partial charge < -0.3 is 9.80 Å². The zero-order valence-corrected chi connectivity index (χ0v) is 24.0. The number of hydrogen-bond acceptors (Lipinski definition) is 2. The summed E-state index contributed by atoms with van der Waals surface area (Å²) in [6.45, 7) is 4.58. The van der Waals surface area contributed by atoms with E-state index in [0.29, 0.717) is 5.92 Å². The molecule has 0 N–H and O–H groups in total. The number of fused-ring (bicyclic) bond motifs is 4. The van der Waals surface area contributed by atoms with Crippen molar-refractivity contribution < 1.29 is 0 Å². The number of para-hydroxylation sites is 2. The second-order valence-corrected chi connectivity index (χ2v) is 12.2. The molecule has 0 atom stereocenters. The molecule has 1 aliphatic carbocycles. The van der Waals surface area contributed by atoms with Crippen molar-refractivity contribution in [3.8, 4) is 0 Å². The van der Waals surface area contributed by atoms with Crippen LogP contribution in [0.4, 0.5) is 34.1 Å². The smallest absolute Gasteiger partial charge is 0.252 e. The Kier molecular flexibility index (Phi) is 5.81. The monoisotopic (exact) mass is 530 g/mol. The van der Waals surface area contributed by atoms with E-state index in [1.807, 2.05) is 0 Å². The van der Waals surface area contributed by atoms with E-state index < -0.39 is 0 Å². The first-order chi connectivity index (χ1) is 20.2. The topological polar surface area (TPSA) is 6.48 Å². The van der Waals surface area contributed by atoms with Gasteiger partial charge in [-0.15, -0.1) is 0 Å². The van der Waals surface area contributed by atoms with E-state index in [1.54, 1.807) is 0 Å². The summed E-state index contributed by atoms with van der Waals surface area (Å²) in [6.07, 6.45) is 6.58. The molecule has 1 fully saturated rings. The second kappa shape index (κ2) is 9.70. The van der Waals surface area contributed by atoms with Crippen LogP contribution < -0.4 is 26.2 Å².